The minimum Gasteiger partial charge on any atom is -0.354 e. The Morgan fingerprint density at radius 3 is 2.14 bits per heavy atom. The highest BCUT2D eigenvalue weighted by Gasteiger charge is 2.23. The summed E-state index contributed by atoms with van der Waals surface area (Å²) in [6, 6.07) is 6.03. The van der Waals surface area contributed by atoms with E-state index in [1.807, 2.05) is 18.3 Å². The molecule has 2 saturated heterocycles. The summed E-state index contributed by atoms with van der Waals surface area (Å²) in [5.74, 6) is 1.70. The minimum atomic E-state index is -2.77. The van der Waals surface area contributed by atoms with Crippen molar-refractivity contribution in [1.82, 2.24) is 14.8 Å². The Hall–Kier alpha value is -1.18. The van der Waals surface area contributed by atoms with Crippen LogP contribution in [0.3, 0.4) is 0 Å². The molecule has 22 heavy (non-hydrogen) atoms. The summed E-state index contributed by atoms with van der Waals surface area (Å²) in [7, 11) is -2.77. The fraction of sp³-hybridized carbons (Fsp3) is 0.667. The molecule has 0 aromatic carbocycles. The van der Waals surface area contributed by atoms with E-state index in [4.69, 9.17) is 0 Å². The van der Waals surface area contributed by atoms with E-state index in [0.717, 1.165) is 45.1 Å². The number of anilines is 1. The number of rotatable bonds is 4. The number of aromatic nitrogens is 1. The van der Waals surface area contributed by atoms with Crippen molar-refractivity contribution in [3.05, 3.63) is 24.4 Å². The number of sulfone groups is 1. The van der Waals surface area contributed by atoms with Crippen LogP contribution in [-0.4, -0.2) is 87.1 Å². The van der Waals surface area contributed by atoms with Crippen LogP contribution in [0, 0.1) is 0 Å². The van der Waals surface area contributed by atoms with Crippen LogP contribution in [0.5, 0.6) is 0 Å². The van der Waals surface area contributed by atoms with Gasteiger partial charge in [-0.25, -0.2) is 13.4 Å². The van der Waals surface area contributed by atoms with Crippen LogP contribution < -0.4 is 4.90 Å². The second-order valence-electron chi connectivity index (χ2n) is 6.01. The Morgan fingerprint density at radius 2 is 1.55 bits per heavy atom. The largest absolute Gasteiger partial charge is 0.354 e. The van der Waals surface area contributed by atoms with Gasteiger partial charge in [-0.3, -0.25) is 4.90 Å². The van der Waals surface area contributed by atoms with E-state index in [9.17, 15) is 8.42 Å². The third kappa shape index (κ3) is 4.18. The van der Waals surface area contributed by atoms with Crippen molar-refractivity contribution in [2.45, 2.75) is 0 Å². The van der Waals surface area contributed by atoms with Crippen LogP contribution in [0.2, 0.25) is 0 Å². The summed E-state index contributed by atoms with van der Waals surface area (Å²) in [6.07, 6.45) is 1.84. The Kier molecular flexibility index (Phi) is 4.95. The molecule has 0 spiro atoms. The molecule has 3 rings (SSSR count). The maximum absolute atomic E-state index is 11.4. The molecule has 0 aliphatic carbocycles. The van der Waals surface area contributed by atoms with Crippen LogP contribution in [0.15, 0.2) is 24.4 Å². The number of hydrogen-bond donors (Lipinski definition) is 0. The lowest BCUT2D eigenvalue weighted by atomic mass is 10.3. The molecule has 122 valence electrons. The van der Waals surface area contributed by atoms with E-state index in [-0.39, 0.29) is 0 Å². The number of hydrogen-bond acceptors (Lipinski definition) is 6. The molecular weight excluding hydrogens is 300 g/mol. The molecule has 1 aromatic heterocycles. The summed E-state index contributed by atoms with van der Waals surface area (Å²) >= 11 is 0. The summed E-state index contributed by atoms with van der Waals surface area (Å²) in [5, 5.41) is 0. The second-order valence-corrected chi connectivity index (χ2v) is 8.31. The molecule has 2 fully saturated rings. The van der Waals surface area contributed by atoms with E-state index in [1.54, 1.807) is 0 Å². The zero-order chi connectivity index (χ0) is 15.4. The molecule has 7 heteroatoms. The molecule has 0 bridgehead atoms. The maximum atomic E-state index is 11.4. The summed E-state index contributed by atoms with van der Waals surface area (Å²) in [5.41, 5.74) is 0. The van der Waals surface area contributed by atoms with Crippen LogP contribution in [0.25, 0.3) is 0 Å². The van der Waals surface area contributed by atoms with Gasteiger partial charge in [0, 0.05) is 58.6 Å². The number of nitrogens with zero attached hydrogens (tertiary/aromatic N) is 4. The van der Waals surface area contributed by atoms with E-state index < -0.39 is 9.84 Å². The molecule has 2 aliphatic rings. The van der Waals surface area contributed by atoms with Gasteiger partial charge >= 0.3 is 0 Å². The first-order chi connectivity index (χ1) is 10.6. The number of pyridine rings is 1. The zero-order valence-electron chi connectivity index (χ0n) is 12.9. The summed E-state index contributed by atoms with van der Waals surface area (Å²) in [4.78, 5) is 11.5. The molecule has 3 heterocycles. The quantitative estimate of drug-likeness (QED) is 0.773. The first-order valence-electron chi connectivity index (χ1n) is 7.93. The van der Waals surface area contributed by atoms with E-state index >= 15 is 0 Å². The third-order valence-corrected chi connectivity index (χ3v) is 6.12. The molecule has 0 unspecified atom stereocenters. The average molecular weight is 324 g/mol. The monoisotopic (exact) mass is 324 g/mol. The van der Waals surface area contributed by atoms with Crippen molar-refractivity contribution >= 4 is 15.7 Å². The van der Waals surface area contributed by atoms with Gasteiger partial charge in [0.05, 0.1) is 11.5 Å². The highest BCUT2D eigenvalue weighted by Crippen LogP contribution is 2.12. The fourth-order valence-corrected chi connectivity index (χ4v) is 4.27. The first-order valence-corrected chi connectivity index (χ1v) is 9.76. The average Bonchev–Trinajstić information content (AvgIpc) is 2.55. The SMILES string of the molecule is O=S1(=O)CCN(CCN2CCN(c3ccccn3)CC2)CC1. The molecule has 0 radical (unpaired) electrons. The lowest BCUT2D eigenvalue weighted by Gasteiger charge is -2.36. The summed E-state index contributed by atoms with van der Waals surface area (Å²) < 4.78 is 22.8. The molecule has 0 amide bonds. The highest BCUT2D eigenvalue weighted by atomic mass is 32.2. The van der Waals surface area contributed by atoms with Gasteiger partial charge in [0.2, 0.25) is 0 Å². The Bertz CT molecular complexity index is 556. The normalized spacial score (nSPS) is 23.5. The molecule has 0 saturated carbocycles. The minimum absolute atomic E-state index is 0.320. The lowest BCUT2D eigenvalue weighted by molar-refractivity contribution is 0.203. The first kappa shape index (κ1) is 15.7. The zero-order valence-corrected chi connectivity index (χ0v) is 13.7. The van der Waals surface area contributed by atoms with Crippen molar-refractivity contribution in [2.75, 3.05) is 68.8 Å². The lowest BCUT2D eigenvalue weighted by Crippen LogP contribution is -2.50. The fourth-order valence-electron chi connectivity index (χ4n) is 3.00. The third-order valence-electron chi connectivity index (χ3n) is 4.52. The van der Waals surface area contributed by atoms with Gasteiger partial charge in [-0.2, -0.15) is 0 Å². The van der Waals surface area contributed by atoms with Crippen molar-refractivity contribution in [1.29, 1.82) is 0 Å². The standard InChI is InChI=1S/C15H24N4O2S/c20-22(21)13-11-18(12-14-22)6-5-17-7-9-19(10-8-17)15-3-1-2-4-16-15/h1-4H,5-14H2. The van der Waals surface area contributed by atoms with Gasteiger partial charge in [0.15, 0.2) is 9.84 Å². The van der Waals surface area contributed by atoms with Crippen LogP contribution in [-0.2, 0) is 9.84 Å². The highest BCUT2D eigenvalue weighted by molar-refractivity contribution is 7.91. The van der Waals surface area contributed by atoms with Gasteiger partial charge < -0.3 is 9.80 Å². The van der Waals surface area contributed by atoms with Crippen molar-refractivity contribution in [3.8, 4) is 0 Å². The second kappa shape index (κ2) is 6.93. The Morgan fingerprint density at radius 1 is 0.909 bits per heavy atom. The molecular formula is C15H24N4O2S. The summed E-state index contributed by atoms with van der Waals surface area (Å²) in [6.45, 7) is 7.48. The van der Waals surface area contributed by atoms with E-state index in [2.05, 4.69) is 25.8 Å². The van der Waals surface area contributed by atoms with Gasteiger partial charge in [-0.1, -0.05) is 6.07 Å². The topological polar surface area (TPSA) is 56.8 Å². The predicted molar refractivity (Wildman–Crippen MR) is 88.0 cm³/mol. The van der Waals surface area contributed by atoms with Crippen molar-refractivity contribution in [3.63, 3.8) is 0 Å². The molecule has 1 aromatic rings. The van der Waals surface area contributed by atoms with Gasteiger partial charge in [0.25, 0.3) is 0 Å². The van der Waals surface area contributed by atoms with Crippen LogP contribution in [0.4, 0.5) is 5.82 Å². The molecule has 2 aliphatic heterocycles. The molecule has 0 N–H and O–H groups in total. The van der Waals surface area contributed by atoms with Crippen LogP contribution in [0.1, 0.15) is 0 Å². The maximum Gasteiger partial charge on any atom is 0.152 e. The Balaban J connectivity index is 1.39. The number of piperazine rings is 1. The van der Waals surface area contributed by atoms with Gasteiger partial charge in [-0.15, -0.1) is 0 Å². The predicted octanol–water partition coefficient (Wildman–Crippen LogP) is -0.0660. The Labute approximate surface area is 132 Å². The molecule has 0 atom stereocenters. The van der Waals surface area contributed by atoms with Gasteiger partial charge in [0.1, 0.15) is 5.82 Å². The van der Waals surface area contributed by atoms with Crippen LogP contribution >= 0.6 is 0 Å². The van der Waals surface area contributed by atoms with Crippen molar-refractivity contribution < 1.29 is 8.42 Å². The molecule has 6 nitrogen and oxygen atoms in total. The van der Waals surface area contributed by atoms with Crippen molar-refractivity contribution in [2.24, 2.45) is 0 Å². The smallest absolute Gasteiger partial charge is 0.152 e. The van der Waals surface area contributed by atoms with Gasteiger partial charge in [-0.05, 0) is 12.1 Å². The van der Waals surface area contributed by atoms with E-state index in [0.29, 0.717) is 24.6 Å². The van der Waals surface area contributed by atoms with E-state index in [1.165, 1.54) is 0 Å².